The van der Waals surface area contributed by atoms with Crippen molar-refractivity contribution in [3.05, 3.63) is 72.3 Å². The summed E-state index contributed by atoms with van der Waals surface area (Å²) in [6.07, 6.45) is 2.87. The van der Waals surface area contributed by atoms with Gasteiger partial charge in [-0.25, -0.2) is 9.67 Å². The molecule has 8 heteroatoms. The van der Waals surface area contributed by atoms with Crippen LogP contribution in [0.5, 0.6) is 0 Å². The molecule has 0 fully saturated rings. The van der Waals surface area contributed by atoms with Crippen LogP contribution in [0.3, 0.4) is 0 Å². The van der Waals surface area contributed by atoms with Crippen LogP contribution in [0.15, 0.2) is 61.2 Å². The topological polar surface area (TPSA) is 113 Å². The number of carbonyl (C=O) groups is 2. The summed E-state index contributed by atoms with van der Waals surface area (Å²) in [4.78, 5) is 27.8. The number of rotatable bonds is 6. The standard InChI is InChI=1S/C20H18N6O2/c1-14(15-4-8-18(9-5-15)26-13-22-12-23-26)24-20(28)16-2-6-17(7-3-16)25-19(27)10-11-21/h2-9,12-14H,10H2,1H3,(H,24,28)(H,25,27). The second-order valence-corrected chi connectivity index (χ2v) is 6.09. The highest BCUT2D eigenvalue weighted by molar-refractivity contribution is 5.96. The molecule has 2 amide bonds. The molecule has 1 unspecified atom stereocenters. The summed E-state index contributed by atoms with van der Waals surface area (Å²) in [6.45, 7) is 1.90. The molecule has 28 heavy (non-hydrogen) atoms. The predicted molar refractivity (Wildman–Crippen MR) is 103 cm³/mol. The highest BCUT2D eigenvalue weighted by atomic mass is 16.2. The first-order chi connectivity index (χ1) is 13.6. The molecule has 0 aliphatic rings. The summed E-state index contributed by atoms with van der Waals surface area (Å²) in [5.41, 5.74) is 2.85. The van der Waals surface area contributed by atoms with E-state index in [1.165, 1.54) is 6.33 Å². The van der Waals surface area contributed by atoms with Gasteiger partial charge in [0, 0.05) is 11.3 Å². The van der Waals surface area contributed by atoms with Gasteiger partial charge in [-0.1, -0.05) is 12.1 Å². The van der Waals surface area contributed by atoms with E-state index < -0.39 is 0 Å². The first-order valence-corrected chi connectivity index (χ1v) is 8.59. The van der Waals surface area contributed by atoms with Crippen LogP contribution in [0.2, 0.25) is 0 Å². The van der Waals surface area contributed by atoms with E-state index in [0.29, 0.717) is 11.3 Å². The van der Waals surface area contributed by atoms with Crippen molar-refractivity contribution in [2.75, 3.05) is 5.32 Å². The first kappa shape index (κ1) is 18.8. The minimum Gasteiger partial charge on any atom is -0.346 e. The Bertz CT molecular complexity index is 989. The van der Waals surface area contributed by atoms with E-state index in [4.69, 9.17) is 5.26 Å². The molecular weight excluding hydrogens is 356 g/mol. The monoisotopic (exact) mass is 374 g/mol. The molecule has 0 radical (unpaired) electrons. The molecule has 3 rings (SSSR count). The van der Waals surface area contributed by atoms with E-state index in [2.05, 4.69) is 20.7 Å². The number of benzene rings is 2. The van der Waals surface area contributed by atoms with Crippen molar-refractivity contribution in [3.63, 3.8) is 0 Å². The van der Waals surface area contributed by atoms with Crippen LogP contribution in [0.1, 0.15) is 35.3 Å². The number of anilines is 1. The van der Waals surface area contributed by atoms with Crippen molar-refractivity contribution in [2.24, 2.45) is 0 Å². The summed E-state index contributed by atoms with van der Waals surface area (Å²) in [5, 5.41) is 18.1. The lowest BCUT2D eigenvalue weighted by Crippen LogP contribution is -2.26. The lowest BCUT2D eigenvalue weighted by molar-refractivity contribution is -0.115. The molecule has 0 saturated carbocycles. The lowest BCUT2D eigenvalue weighted by atomic mass is 10.1. The first-order valence-electron chi connectivity index (χ1n) is 8.59. The van der Waals surface area contributed by atoms with E-state index in [0.717, 1.165) is 11.3 Å². The molecule has 1 heterocycles. The van der Waals surface area contributed by atoms with Gasteiger partial charge in [-0.3, -0.25) is 9.59 Å². The van der Waals surface area contributed by atoms with Crippen molar-refractivity contribution in [1.82, 2.24) is 20.1 Å². The molecule has 1 aromatic heterocycles. The van der Waals surface area contributed by atoms with Crippen LogP contribution < -0.4 is 10.6 Å². The molecule has 0 bridgehead atoms. The maximum absolute atomic E-state index is 12.5. The highest BCUT2D eigenvalue weighted by Crippen LogP contribution is 2.16. The number of amides is 2. The summed E-state index contributed by atoms with van der Waals surface area (Å²) in [6, 6.07) is 15.8. The molecule has 0 aliphatic carbocycles. The van der Waals surface area contributed by atoms with Gasteiger partial charge in [-0.15, -0.1) is 0 Å². The molecule has 1 atom stereocenters. The zero-order valence-electron chi connectivity index (χ0n) is 15.2. The molecule has 0 aliphatic heterocycles. The highest BCUT2D eigenvalue weighted by Gasteiger charge is 2.12. The lowest BCUT2D eigenvalue weighted by Gasteiger charge is -2.15. The Labute approximate surface area is 161 Å². The maximum Gasteiger partial charge on any atom is 0.251 e. The Hall–Kier alpha value is -3.99. The summed E-state index contributed by atoms with van der Waals surface area (Å²) in [5.74, 6) is -0.606. The fourth-order valence-corrected chi connectivity index (χ4v) is 2.60. The smallest absolute Gasteiger partial charge is 0.251 e. The predicted octanol–water partition coefficient (Wildman–Crippen LogP) is 2.61. The van der Waals surface area contributed by atoms with E-state index in [-0.39, 0.29) is 24.3 Å². The maximum atomic E-state index is 12.5. The van der Waals surface area contributed by atoms with Crippen molar-refractivity contribution >= 4 is 17.5 Å². The number of hydrogen-bond donors (Lipinski definition) is 2. The molecular formula is C20H18N6O2. The number of hydrogen-bond acceptors (Lipinski definition) is 5. The van der Waals surface area contributed by atoms with Gasteiger partial charge in [0.15, 0.2) is 0 Å². The zero-order valence-corrected chi connectivity index (χ0v) is 15.2. The molecule has 2 N–H and O–H groups in total. The number of aromatic nitrogens is 3. The van der Waals surface area contributed by atoms with Crippen molar-refractivity contribution < 1.29 is 9.59 Å². The molecule has 3 aromatic rings. The van der Waals surface area contributed by atoms with Gasteiger partial charge < -0.3 is 10.6 Å². The molecule has 0 spiro atoms. The third kappa shape index (κ3) is 4.59. The Balaban J connectivity index is 1.61. The van der Waals surface area contributed by atoms with E-state index in [1.54, 1.807) is 41.3 Å². The second-order valence-electron chi connectivity index (χ2n) is 6.09. The van der Waals surface area contributed by atoms with Gasteiger partial charge in [0.2, 0.25) is 5.91 Å². The van der Waals surface area contributed by atoms with Crippen LogP contribution in [0.4, 0.5) is 5.69 Å². The average molecular weight is 374 g/mol. The van der Waals surface area contributed by atoms with Crippen LogP contribution in [0.25, 0.3) is 5.69 Å². The fraction of sp³-hybridized carbons (Fsp3) is 0.150. The molecule has 8 nitrogen and oxygen atoms in total. The van der Waals surface area contributed by atoms with Crippen molar-refractivity contribution in [3.8, 4) is 11.8 Å². The average Bonchev–Trinajstić information content (AvgIpc) is 3.23. The van der Waals surface area contributed by atoms with Gasteiger partial charge in [-0.05, 0) is 48.9 Å². The van der Waals surface area contributed by atoms with E-state index >= 15 is 0 Å². The van der Waals surface area contributed by atoms with Gasteiger partial charge in [0.1, 0.15) is 19.1 Å². The number of nitriles is 1. The number of nitrogens with one attached hydrogen (secondary N) is 2. The van der Waals surface area contributed by atoms with E-state index in [1.807, 2.05) is 31.2 Å². The van der Waals surface area contributed by atoms with Crippen molar-refractivity contribution in [1.29, 1.82) is 5.26 Å². The minimum absolute atomic E-state index is 0.188. The van der Waals surface area contributed by atoms with Crippen LogP contribution in [-0.2, 0) is 4.79 Å². The Morgan fingerprint density at radius 3 is 2.46 bits per heavy atom. The second kappa shape index (κ2) is 8.60. The zero-order chi connectivity index (χ0) is 19.9. The summed E-state index contributed by atoms with van der Waals surface area (Å²) < 4.78 is 1.66. The van der Waals surface area contributed by atoms with Crippen LogP contribution >= 0.6 is 0 Å². The van der Waals surface area contributed by atoms with Crippen molar-refractivity contribution in [2.45, 2.75) is 19.4 Å². The van der Waals surface area contributed by atoms with Gasteiger partial charge in [0.25, 0.3) is 5.91 Å². The Kier molecular flexibility index (Phi) is 5.77. The molecule has 0 saturated heterocycles. The normalized spacial score (nSPS) is 11.3. The largest absolute Gasteiger partial charge is 0.346 e. The third-order valence-corrected chi connectivity index (χ3v) is 4.09. The summed E-state index contributed by atoms with van der Waals surface area (Å²) in [7, 11) is 0. The number of carbonyl (C=O) groups excluding carboxylic acids is 2. The molecule has 140 valence electrons. The Morgan fingerprint density at radius 1 is 1.14 bits per heavy atom. The SMILES string of the molecule is CC(NC(=O)c1ccc(NC(=O)CC#N)cc1)c1ccc(-n2cncn2)cc1. The number of nitrogens with zero attached hydrogens (tertiary/aromatic N) is 4. The fourth-order valence-electron chi connectivity index (χ4n) is 2.60. The Morgan fingerprint density at radius 2 is 1.86 bits per heavy atom. The summed E-state index contributed by atoms with van der Waals surface area (Å²) >= 11 is 0. The van der Waals surface area contributed by atoms with Gasteiger partial charge in [-0.2, -0.15) is 10.4 Å². The minimum atomic E-state index is -0.386. The van der Waals surface area contributed by atoms with E-state index in [9.17, 15) is 9.59 Å². The van der Waals surface area contributed by atoms with Crippen LogP contribution in [0, 0.1) is 11.3 Å². The van der Waals surface area contributed by atoms with Gasteiger partial charge in [0.05, 0.1) is 17.8 Å². The third-order valence-electron chi connectivity index (χ3n) is 4.09. The quantitative estimate of drug-likeness (QED) is 0.689. The van der Waals surface area contributed by atoms with Gasteiger partial charge >= 0.3 is 0 Å². The molecule has 2 aromatic carbocycles. The van der Waals surface area contributed by atoms with Crippen LogP contribution in [-0.4, -0.2) is 26.6 Å².